The van der Waals surface area contributed by atoms with Crippen LogP contribution < -0.4 is 5.73 Å². The van der Waals surface area contributed by atoms with E-state index in [-0.39, 0.29) is 5.54 Å². The Hall–Kier alpha value is -0.340. The molecule has 0 aliphatic heterocycles. The average Bonchev–Trinajstić information content (AvgIpc) is 3.02. The molecule has 0 aromatic heterocycles. The van der Waals surface area contributed by atoms with Gasteiger partial charge in [-0.2, -0.15) is 0 Å². The van der Waals surface area contributed by atoms with Crippen LogP contribution in [0, 0.1) is 23.7 Å². The lowest BCUT2D eigenvalue weighted by atomic mass is 9.69. The Kier molecular flexibility index (Phi) is 2.82. The van der Waals surface area contributed by atoms with E-state index in [9.17, 15) is 0 Å². The fourth-order valence-corrected chi connectivity index (χ4v) is 5.94. The fourth-order valence-electron chi connectivity index (χ4n) is 5.51. The van der Waals surface area contributed by atoms with Crippen molar-refractivity contribution in [1.82, 2.24) is 0 Å². The molecule has 2 N–H and O–H groups in total. The summed E-state index contributed by atoms with van der Waals surface area (Å²) in [5, 5.41) is 0. The molecule has 0 heterocycles. The molecule has 0 saturated heterocycles. The normalized spacial score (nSPS) is 43.7. The van der Waals surface area contributed by atoms with Gasteiger partial charge in [-0.1, -0.05) is 40.5 Å². The average molecular weight is 320 g/mol. The van der Waals surface area contributed by atoms with Crippen molar-refractivity contribution in [2.45, 2.75) is 44.1 Å². The molecule has 0 spiro atoms. The molecule has 3 saturated carbocycles. The van der Waals surface area contributed by atoms with Crippen molar-refractivity contribution in [1.29, 1.82) is 0 Å². The molecule has 4 rings (SSSR count). The predicted octanol–water partition coefficient (Wildman–Crippen LogP) is 4.15. The van der Waals surface area contributed by atoms with Crippen LogP contribution in [-0.4, -0.2) is 5.54 Å². The Morgan fingerprint density at radius 1 is 1.21 bits per heavy atom. The molecule has 0 radical (unpaired) electrons. The zero-order valence-corrected chi connectivity index (χ0v) is 12.9. The van der Waals surface area contributed by atoms with E-state index in [1.807, 2.05) is 0 Å². The van der Waals surface area contributed by atoms with Crippen LogP contribution in [0.1, 0.15) is 37.7 Å². The van der Waals surface area contributed by atoms with Crippen LogP contribution in [0.5, 0.6) is 0 Å². The number of nitrogens with two attached hydrogens (primary N) is 1. The molecule has 19 heavy (non-hydrogen) atoms. The van der Waals surface area contributed by atoms with Gasteiger partial charge in [0.1, 0.15) is 0 Å². The van der Waals surface area contributed by atoms with E-state index >= 15 is 0 Å². The van der Waals surface area contributed by atoms with Crippen LogP contribution in [0.2, 0.25) is 0 Å². The van der Waals surface area contributed by atoms with Crippen molar-refractivity contribution in [3.05, 3.63) is 34.3 Å². The molecule has 2 bridgehead atoms. The van der Waals surface area contributed by atoms with E-state index in [2.05, 4.69) is 40.2 Å². The largest absolute Gasteiger partial charge is 0.325 e. The van der Waals surface area contributed by atoms with Crippen molar-refractivity contribution in [3.8, 4) is 0 Å². The summed E-state index contributed by atoms with van der Waals surface area (Å²) >= 11 is 3.68. The molecular formula is C17H22BrN. The highest BCUT2D eigenvalue weighted by Gasteiger charge is 2.59. The van der Waals surface area contributed by atoms with Gasteiger partial charge in [-0.25, -0.2) is 0 Å². The van der Waals surface area contributed by atoms with E-state index in [1.165, 1.54) is 42.1 Å². The van der Waals surface area contributed by atoms with Gasteiger partial charge in [-0.05, 0) is 67.4 Å². The minimum absolute atomic E-state index is 0.0695. The zero-order valence-electron chi connectivity index (χ0n) is 11.3. The van der Waals surface area contributed by atoms with Crippen molar-refractivity contribution >= 4 is 15.9 Å². The number of hydrogen-bond acceptors (Lipinski definition) is 1. The lowest BCUT2D eigenvalue weighted by molar-refractivity contribution is 0.156. The van der Waals surface area contributed by atoms with Gasteiger partial charge < -0.3 is 5.73 Å². The third-order valence-corrected chi connectivity index (χ3v) is 6.94. The molecular weight excluding hydrogens is 298 g/mol. The summed E-state index contributed by atoms with van der Waals surface area (Å²) in [6.45, 7) is 0. The fraction of sp³-hybridized carbons (Fsp3) is 0.647. The first-order valence-corrected chi connectivity index (χ1v) is 8.49. The summed E-state index contributed by atoms with van der Waals surface area (Å²) in [4.78, 5) is 0. The van der Waals surface area contributed by atoms with E-state index in [1.54, 1.807) is 0 Å². The summed E-state index contributed by atoms with van der Waals surface area (Å²) in [6, 6.07) is 8.60. The summed E-state index contributed by atoms with van der Waals surface area (Å²) in [5.74, 6) is 3.70. The molecule has 3 aliphatic carbocycles. The summed E-state index contributed by atoms with van der Waals surface area (Å²) in [5.41, 5.74) is 8.35. The van der Waals surface area contributed by atoms with E-state index < -0.39 is 0 Å². The van der Waals surface area contributed by atoms with Gasteiger partial charge in [-0.15, -0.1) is 0 Å². The molecule has 1 aromatic carbocycles. The second kappa shape index (κ2) is 4.33. The first-order valence-electron chi connectivity index (χ1n) is 7.70. The molecule has 102 valence electrons. The van der Waals surface area contributed by atoms with Crippen LogP contribution in [0.25, 0.3) is 0 Å². The monoisotopic (exact) mass is 319 g/mol. The Labute approximate surface area is 124 Å². The van der Waals surface area contributed by atoms with Gasteiger partial charge in [0, 0.05) is 10.0 Å². The third-order valence-electron chi connectivity index (χ3n) is 6.16. The standard InChI is InChI=1S/C17H22BrN/c18-16-7-2-1-4-11(16)9-17(19)10-12-8-15(17)14-6-3-5-13(12)14/h1-2,4,7,12-15H,3,5-6,8-10,19H2. The third kappa shape index (κ3) is 1.83. The van der Waals surface area contributed by atoms with Crippen LogP contribution >= 0.6 is 15.9 Å². The molecule has 1 aromatic rings. The molecule has 1 nitrogen and oxygen atoms in total. The van der Waals surface area contributed by atoms with Crippen LogP contribution in [0.15, 0.2) is 28.7 Å². The van der Waals surface area contributed by atoms with Crippen LogP contribution in [0.3, 0.4) is 0 Å². The van der Waals surface area contributed by atoms with E-state index in [0.717, 1.165) is 30.1 Å². The lowest BCUT2D eigenvalue weighted by Gasteiger charge is -2.40. The van der Waals surface area contributed by atoms with E-state index in [0.29, 0.717) is 0 Å². The number of halogens is 1. The molecule has 3 aliphatic rings. The van der Waals surface area contributed by atoms with Crippen molar-refractivity contribution in [2.24, 2.45) is 29.4 Å². The van der Waals surface area contributed by atoms with Gasteiger partial charge in [0.05, 0.1) is 0 Å². The van der Waals surface area contributed by atoms with Gasteiger partial charge in [0.15, 0.2) is 0 Å². The molecule has 2 heteroatoms. The first-order chi connectivity index (χ1) is 9.17. The second-order valence-electron chi connectivity index (χ2n) is 7.07. The van der Waals surface area contributed by atoms with Gasteiger partial charge in [0.2, 0.25) is 0 Å². The first kappa shape index (κ1) is 12.4. The molecule has 0 amide bonds. The Balaban J connectivity index is 1.60. The van der Waals surface area contributed by atoms with Gasteiger partial charge in [0.25, 0.3) is 0 Å². The summed E-state index contributed by atoms with van der Waals surface area (Å²) in [6.07, 6.45) is 8.11. The molecule has 3 fully saturated rings. The Morgan fingerprint density at radius 2 is 2.00 bits per heavy atom. The Bertz CT molecular complexity index is 500. The molecule has 5 unspecified atom stereocenters. The maximum atomic E-state index is 6.88. The summed E-state index contributed by atoms with van der Waals surface area (Å²) in [7, 11) is 0. The highest BCUT2D eigenvalue weighted by molar-refractivity contribution is 9.10. The SMILES string of the molecule is NC1(Cc2ccccc2Br)CC2CC1C1CCCC21. The highest BCUT2D eigenvalue weighted by Crippen LogP contribution is 2.62. The zero-order chi connectivity index (χ0) is 13.0. The quantitative estimate of drug-likeness (QED) is 0.870. The van der Waals surface area contributed by atoms with Crippen molar-refractivity contribution < 1.29 is 0 Å². The second-order valence-corrected chi connectivity index (χ2v) is 7.92. The smallest absolute Gasteiger partial charge is 0.0229 e. The number of rotatable bonds is 2. The highest BCUT2D eigenvalue weighted by atomic mass is 79.9. The summed E-state index contributed by atoms with van der Waals surface area (Å²) < 4.78 is 1.23. The topological polar surface area (TPSA) is 26.0 Å². The maximum Gasteiger partial charge on any atom is 0.0229 e. The maximum absolute atomic E-state index is 6.88. The number of fused-ring (bicyclic) bond motifs is 5. The molecule has 5 atom stereocenters. The van der Waals surface area contributed by atoms with Gasteiger partial charge in [-0.3, -0.25) is 0 Å². The van der Waals surface area contributed by atoms with E-state index in [4.69, 9.17) is 5.73 Å². The van der Waals surface area contributed by atoms with Crippen LogP contribution in [-0.2, 0) is 6.42 Å². The van der Waals surface area contributed by atoms with Crippen molar-refractivity contribution in [3.63, 3.8) is 0 Å². The van der Waals surface area contributed by atoms with Gasteiger partial charge >= 0.3 is 0 Å². The predicted molar refractivity (Wildman–Crippen MR) is 81.8 cm³/mol. The lowest BCUT2D eigenvalue weighted by Crippen LogP contribution is -2.51. The number of hydrogen-bond donors (Lipinski definition) is 1. The number of benzene rings is 1. The minimum Gasteiger partial charge on any atom is -0.325 e. The Morgan fingerprint density at radius 3 is 2.84 bits per heavy atom. The van der Waals surface area contributed by atoms with Crippen molar-refractivity contribution in [2.75, 3.05) is 0 Å². The minimum atomic E-state index is 0.0695. The van der Waals surface area contributed by atoms with Crippen LogP contribution in [0.4, 0.5) is 0 Å².